The third-order valence-electron chi connectivity index (χ3n) is 5.78. The molecule has 0 bridgehead atoms. The van der Waals surface area contributed by atoms with Gasteiger partial charge < -0.3 is 4.74 Å². The largest absolute Gasteiger partial charge is 0.455 e. The molecule has 1 aliphatic heterocycles. The molecule has 0 saturated carbocycles. The molecule has 4 aromatic rings. The van der Waals surface area contributed by atoms with E-state index in [1.54, 1.807) is 0 Å². The lowest BCUT2D eigenvalue weighted by atomic mass is 9.76. The fourth-order valence-electron chi connectivity index (χ4n) is 4.23. The molecule has 0 aliphatic carbocycles. The number of para-hydroxylation sites is 2. The average Bonchev–Trinajstić information content (AvgIpc) is 2.77. The summed E-state index contributed by atoms with van der Waals surface area (Å²) in [5.74, 6) is 2.03. The second-order valence-electron chi connectivity index (χ2n) is 8.00. The Kier molecular flexibility index (Phi) is 5.16. The van der Waals surface area contributed by atoms with Crippen molar-refractivity contribution < 1.29 is 4.74 Å². The molecule has 0 spiro atoms. The summed E-state index contributed by atoms with van der Waals surface area (Å²) in [5, 5.41) is 3.95. The molecule has 4 aromatic carbocycles. The van der Waals surface area contributed by atoms with Crippen LogP contribution in [0.25, 0.3) is 0 Å². The molecule has 0 unspecified atom stereocenters. The molecule has 3 heteroatoms. The lowest BCUT2D eigenvalue weighted by Gasteiger charge is -2.37. The predicted octanol–water partition coefficient (Wildman–Crippen LogP) is 6.48. The molecule has 0 saturated heterocycles. The Hall–Kier alpha value is -2.16. The molecule has 0 aromatic heterocycles. The van der Waals surface area contributed by atoms with Crippen molar-refractivity contribution in [2.45, 2.75) is 19.3 Å². The van der Waals surface area contributed by atoms with Crippen molar-refractivity contribution in [3.8, 4) is 11.5 Å². The molecular weight excluding hydrogens is 498 g/mol. The SMILES string of the molecule is CC1(C)c2cccc(I)c2Oc2c(P(c3ccccc3)c3ccccc3)cccc21. The second kappa shape index (κ2) is 7.83. The second-order valence-corrected chi connectivity index (χ2v) is 11.4. The van der Waals surface area contributed by atoms with Crippen molar-refractivity contribution in [1.82, 2.24) is 0 Å². The van der Waals surface area contributed by atoms with Crippen molar-refractivity contribution in [2.24, 2.45) is 0 Å². The maximum Gasteiger partial charge on any atom is 0.144 e. The molecule has 0 N–H and O–H groups in total. The first-order valence-electron chi connectivity index (χ1n) is 10.1. The number of ether oxygens (including phenoxy) is 1. The molecule has 0 radical (unpaired) electrons. The van der Waals surface area contributed by atoms with Crippen LogP contribution in [0.2, 0.25) is 0 Å². The Balaban J connectivity index is 1.76. The third-order valence-corrected chi connectivity index (χ3v) is 9.09. The van der Waals surface area contributed by atoms with Gasteiger partial charge in [-0.25, -0.2) is 0 Å². The van der Waals surface area contributed by atoms with Gasteiger partial charge in [0.05, 0.1) is 3.57 Å². The van der Waals surface area contributed by atoms with E-state index in [9.17, 15) is 0 Å². The van der Waals surface area contributed by atoms with Crippen LogP contribution < -0.4 is 20.7 Å². The summed E-state index contributed by atoms with van der Waals surface area (Å²) in [4.78, 5) is 0. The lowest BCUT2D eigenvalue weighted by Crippen LogP contribution is -2.30. The normalized spacial score (nSPS) is 14.0. The summed E-state index contributed by atoms with van der Waals surface area (Å²) in [7, 11) is -0.728. The van der Waals surface area contributed by atoms with E-state index in [0.717, 1.165) is 15.1 Å². The van der Waals surface area contributed by atoms with Crippen molar-refractivity contribution in [1.29, 1.82) is 0 Å². The van der Waals surface area contributed by atoms with Crippen LogP contribution in [0.3, 0.4) is 0 Å². The molecule has 1 heterocycles. The summed E-state index contributed by atoms with van der Waals surface area (Å²) >= 11 is 2.39. The highest BCUT2D eigenvalue weighted by molar-refractivity contribution is 14.1. The van der Waals surface area contributed by atoms with E-state index < -0.39 is 7.92 Å². The number of hydrogen-bond acceptors (Lipinski definition) is 1. The lowest BCUT2D eigenvalue weighted by molar-refractivity contribution is 0.418. The summed E-state index contributed by atoms with van der Waals surface area (Å²) in [6, 6.07) is 34.8. The van der Waals surface area contributed by atoms with Gasteiger partial charge in [0.25, 0.3) is 0 Å². The quantitative estimate of drug-likeness (QED) is 0.222. The zero-order chi connectivity index (χ0) is 20.7. The maximum absolute atomic E-state index is 6.71. The van der Waals surface area contributed by atoms with Crippen LogP contribution in [0.4, 0.5) is 0 Å². The van der Waals surface area contributed by atoms with Crippen LogP contribution in [-0.2, 0) is 5.41 Å². The number of fused-ring (bicyclic) bond motifs is 2. The Morgan fingerprint density at radius 2 is 1.17 bits per heavy atom. The molecule has 0 atom stereocenters. The monoisotopic (exact) mass is 520 g/mol. The van der Waals surface area contributed by atoms with Crippen molar-refractivity contribution in [3.05, 3.63) is 112 Å². The summed E-state index contributed by atoms with van der Waals surface area (Å²) in [6.45, 7) is 4.61. The molecule has 5 rings (SSSR count). The number of hydrogen-bond donors (Lipinski definition) is 0. The van der Waals surface area contributed by atoms with E-state index in [-0.39, 0.29) is 5.41 Å². The molecule has 148 valence electrons. The average molecular weight is 520 g/mol. The van der Waals surface area contributed by atoms with E-state index in [1.807, 2.05) is 0 Å². The van der Waals surface area contributed by atoms with Gasteiger partial charge in [-0.1, -0.05) is 105 Å². The molecular formula is C27H22IOP. The van der Waals surface area contributed by atoms with E-state index in [2.05, 4.69) is 134 Å². The highest BCUT2D eigenvalue weighted by atomic mass is 127. The minimum Gasteiger partial charge on any atom is -0.455 e. The molecule has 0 fully saturated rings. The Morgan fingerprint density at radius 1 is 0.633 bits per heavy atom. The first-order valence-corrected chi connectivity index (χ1v) is 12.5. The van der Waals surface area contributed by atoms with E-state index in [4.69, 9.17) is 4.74 Å². The molecule has 30 heavy (non-hydrogen) atoms. The molecule has 1 aliphatic rings. The summed E-state index contributed by atoms with van der Waals surface area (Å²) in [5.41, 5.74) is 2.39. The minimum atomic E-state index is -0.728. The topological polar surface area (TPSA) is 9.23 Å². The van der Waals surface area contributed by atoms with Crippen molar-refractivity contribution >= 4 is 46.4 Å². The number of benzene rings is 4. The highest BCUT2D eigenvalue weighted by Crippen LogP contribution is 2.51. The number of halogens is 1. The zero-order valence-corrected chi connectivity index (χ0v) is 20.0. The van der Waals surface area contributed by atoms with Gasteiger partial charge in [-0.05, 0) is 47.2 Å². The van der Waals surface area contributed by atoms with Gasteiger partial charge in [0.15, 0.2) is 0 Å². The molecule has 1 nitrogen and oxygen atoms in total. The van der Waals surface area contributed by atoms with Crippen LogP contribution in [-0.4, -0.2) is 0 Å². The van der Waals surface area contributed by atoms with Gasteiger partial charge in [-0.2, -0.15) is 0 Å². The first kappa shape index (κ1) is 19.8. The van der Waals surface area contributed by atoms with Gasteiger partial charge in [0, 0.05) is 21.8 Å². The Bertz CT molecular complexity index is 1160. The van der Waals surface area contributed by atoms with Crippen LogP contribution in [0.1, 0.15) is 25.0 Å². The third kappa shape index (κ3) is 3.27. The van der Waals surface area contributed by atoms with Crippen molar-refractivity contribution in [2.75, 3.05) is 0 Å². The zero-order valence-electron chi connectivity index (χ0n) is 17.0. The summed E-state index contributed by atoms with van der Waals surface area (Å²) < 4.78 is 7.86. The van der Waals surface area contributed by atoms with Gasteiger partial charge in [0.2, 0.25) is 0 Å². The van der Waals surface area contributed by atoms with E-state index in [0.29, 0.717) is 0 Å². The fourth-order valence-corrected chi connectivity index (χ4v) is 7.24. The Morgan fingerprint density at radius 3 is 1.77 bits per heavy atom. The predicted molar refractivity (Wildman–Crippen MR) is 137 cm³/mol. The maximum atomic E-state index is 6.71. The van der Waals surface area contributed by atoms with Gasteiger partial charge >= 0.3 is 0 Å². The smallest absolute Gasteiger partial charge is 0.144 e. The first-order chi connectivity index (χ1) is 14.6. The van der Waals surface area contributed by atoms with Gasteiger partial charge in [0.1, 0.15) is 11.5 Å². The van der Waals surface area contributed by atoms with Crippen LogP contribution in [0, 0.1) is 3.57 Å². The van der Waals surface area contributed by atoms with Crippen LogP contribution in [0.5, 0.6) is 11.5 Å². The minimum absolute atomic E-state index is 0.117. The standard InChI is InChI=1S/C27H22IOP/c1-27(2)21-15-9-17-23(28)25(21)29-26-22(27)16-10-18-24(26)30(19-11-5-3-6-12-19)20-13-7-4-8-14-20/h3-18H,1-2H3. The van der Waals surface area contributed by atoms with Crippen LogP contribution in [0.15, 0.2) is 97.1 Å². The Labute approximate surface area is 193 Å². The summed E-state index contributed by atoms with van der Waals surface area (Å²) in [6.07, 6.45) is 0. The van der Waals surface area contributed by atoms with Gasteiger partial charge in [-0.3, -0.25) is 0 Å². The van der Waals surface area contributed by atoms with Crippen LogP contribution >= 0.6 is 30.5 Å². The van der Waals surface area contributed by atoms with E-state index >= 15 is 0 Å². The van der Waals surface area contributed by atoms with Gasteiger partial charge in [-0.15, -0.1) is 0 Å². The van der Waals surface area contributed by atoms with E-state index in [1.165, 1.54) is 27.0 Å². The number of rotatable bonds is 3. The highest BCUT2D eigenvalue weighted by Gasteiger charge is 2.37. The molecule has 0 amide bonds. The fraction of sp³-hybridized carbons (Fsp3) is 0.111. The van der Waals surface area contributed by atoms with Crippen molar-refractivity contribution in [3.63, 3.8) is 0 Å².